The van der Waals surface area contributed by atoms with Crippen molar-refractivity contribution in [3.05, 3.63) is 107 Å². The highest BCUT2D eigenvalue weighted by Crippen LogP contribution is 2.44. The summed E-state index contributed by atoms with van der Waals surface area (Å²) < 4.78 is 6.05. The second-order valence-corrected chi connectivity index (χ2v) is 10.6. The molecule has 1 aliphatic heterocycles. The number of anilines is 1. The Labute approximate surface area is 222 Å². The highest BCUT2D eigenvalue weighted by atomic mass is 32.2. The Morgan fingerprint density at radius 3 is 2.51 bits per heavy atom. The number of amides is 1. The number of Topliss-reactive ketones (excluding diaryl/α,β-unsaturated/α-hetero) is 1. The number of benzene rings is 3. The largest absolute Gasteiger partial charge is 0.507 e. The number of nitrogens with zero attached hydrogens (tertiary/aromatic N) is 3. The maximum Gasteiger partial charge on any atom is 0.301 e. The van der Waals surface area contributed by atoms with Crippen LogP contribution in [-0.2, 0) is 15.3 Å². The monoisotopic (exact) mass is 529 g/mol. The van der Waals surface area contributed by atoms with Crippen LogP contribution < -0.4 is 9.64 Å². The number of carbonyl (C=O) groups excluding carboxylic acids is 2. The van der Waals surface area contributed by atoms with Crippen molar-refractivity contribution in [2.75, 3.05) is 12.0 Å². The fourth-order valence-electron chi connectivity index (χ4n) is 4.10. The van der Waals surface area contributed by atoms with Crippen molar-refractivity contribution in [3.63, 3.8) is 0 Å². The second-order valence-electron chi connectivity index (χ2n) is 8.44. The first-order valence-corrected chi connectivity index (χ1v) is 13.3. The number of thioether (sulfide) groups is 1. The topological polar surface area (TPSA) is 92.6 Å². The van der Waals surface area contributed by atoms with E-state index in [9.17, 15) is 14.7 Å². The SMILES string of the molecule is COc1cccc(C2/C(=C(/O)c3ccccc3)C(=O)C(=O)N2c2nnc(SCc3ccc(C)cc3)s2)c1. The zero-order valence-corrected chi connectivity index (χ0v) is 21.8. The molecule has 1 N–H and O–H groups in total. The van der Waals surface area contributed by atoms with Gasteiger partial charge in [-0.15, -0.1) is 10.2 Å². The van der Waals surface area contributed by atoms with E-state index in [0.717, 1.165) is 5.56 Å². The quantitative estimate of drug-likeness (QED) is 0.107. The molecule has 0 saturated carbocycles. The van der Waals surface area contributed by atoms with Gasteiger partial charge in [0.05, 0.1) is 18.7 Å². The summed E-state index contributed by atoms with van der Waals surface area (Å²) in [6, 6.07) is 23.2. The fraction of sp³-hybridized carbons (Fsp3) is 0.143. The highest BCUT2D eigenvalue weighted by molar-refractivity contribution is 8.00. The van der Waals surface area contributed by atoms with Gasteiger partial charge in [0.1, 0.15) is 11.5 Å². The zero-order valence-electron chi connectivity index (χ0n) is 20.1. The molecule has 37 heavy (non-hydrogen) atoms. The van der Waals surface area contributed by atoms with E-state index in [4.69, 9.17) is 4.74 Å². The molecule has 0 aliphatic carbocycles. The smallest absolute Gasteiger partial charge is 0.301 e. The molecule has 1 fully saturated rings. The molecular weight excluding hydrogens is 506 g/mol. The molecule has 1 amide bonds. The molecule has 1 aliphatic rings. The summed E-state index contributed by atoms with van der Waals surface area (Å²) in [5, 5.41) is 20.0. The lowest BCUT2D eigenvalue weighted by Crippen LogP contribution is -2.29. The van der Waals surface area contributed by atoms with Gasteiger partial charge in [0, 0.05) is 11.3 Å². The number of aliphatic hydroxyl groups is 1. The van der Waals surface area contributed by atoms with Gasteiger partial charge in [-0.1, -0.05) is 95.4 Å². The lowest BCUT2D eigenvalue weighted by molar-refractivity contribution is -0.132. The normalized spacial score (nSPS) is 16.8. The molecule has 7 nitrogen and oxygen atoms in total. The third-order valence-corrected chi connectivity index (χ3v) is 8.11. The Morgan fingerprint density at radius 2 is 1.78 bits per heavy atom. The summed E-state index contributed by atoms with van der Waals surface area (Å²) in [5.41, 5.74) is 3.39. The van der Waals surface area contributed by atoms with Crippen LogP contribution in [0.1, 0.15) is 28.3 Å². The summed E-state index contributed by atoms with van der Waals surface area (Å²) >= 11 is 2.74. The summed E-state index contributed by atoms with van der Waals surface area (Å²) in [4.78, 5) is 28.0. The minimum Gasteiger partial charge on any atom is -0.507 e. The average molecular weight is 530 g/mol. The average Bonchev–Trinajstić information content (AvgIpc) is 3.50. The Morgan fingerprint density at radius 1 is 1.03 bits per heavy atom. The highest BCUT2D eigenvalue weighted by Gasteiger charge is 2.48. The van der Waals surface area contributed by atoms with Crippen molar-refractivity contribution in [2.24, 2.45) is 0 Å². The number of aliphatic hydroxyl groups excluding tert-OH is 1. The number of ketones is 1. The molecule has 1 saturated heterocycles. The number of hydrogen-bond donors (Lipinski definition) is 1. The molecule has 0 spiro atoms. The third-order valence-electron chi connectivity index (χ3n) is 5.99. The standard InChI is InChI=1S/C28H23N3O4S2/c1-17-11-13-18(14-12-17)16-36-28-30-29-27(37-28)31-23(20-9-6-10-21(15-20)35-2)22(25(33)26(31)34)24(32)19-7-4-3-5-8-19/h3-15,23,32H,16H2,1-2H3/b24-22-. The van der Waals surface area contributed by atoms with E-state index in [1.165, 1.54) is 33.6 Å². The van der Waals surface area contributed by atoms with E-state index < -0.39 is 17.7 Å². The molecule has 3 aromatic carbocycles. The van der Waals surface area contributed by atoms with E-state index in [1.807, 2.05) is 13.0 Å². The lowest BCUT2D eigenvalue weighted by Gasteiger charge is -2.22. The second kappa shape index (κ2) is 10.6. The van der Waals surface area contributed by atoms with Crippen molar-refractivity contribution >= 4 is 45.7 Å². The van der Waals surface area contributed by atoms with Gasteiger partial charge < -0.3 is 9.84 Å². The number of aryl methyl sites for hydroxylation is 1. The third kappa shape index (κ3) is 5.00. The lowest BCUT2D eigenvalue weighted by atomic mass is 9.95. The van der Waals surface area contributed by atoms with Crippen molar-refractivity contribution in [2.45, 2.75) is 23.1 Å². The Kier molecular flexibility index (Phi) is 7.07. The number of aromatic nitrogens is 2. The van der Waals surface area contributed by atoms with Gasteiger partial charge in [-0.2, -0.15) is 0 Å². The first-order chi connectivity index (χ1) is 18.0. The van der Waals surface area contributed by atoms with Gasteiger partial charge in [-0.3, -0.25) is 14.5 Å². The van der Waals surface area contributed by atoms with Gasteiger partial charge in [-0.05, 0) is 30.2 Å². The van der Waals surface area contributed by atoms with E-state index >= 15 is 0 Å². The predicted octanol–water partition coefficient (Wildman–Crippen LogP) is 5.77. The van der Waals surface area contributed by atoms with Gasteiger partial charge in [0.25, 0.3) is 5.78 Å². The van der Waals surface area contributed by atoms with Crippen LogP contribution in [-0.4, -0.2) is 34.1 Å². The molecule has 1 unspecified atom stereocenters. The molecule has 0 bridgehead atoms. The number of hydrogen-bond acceptors (Lipinski definition) is 8. The van der Waals surface area contributed by atoms with Gasteiger partial charge in [0.15, 0.2) is 4.34 Å². The number of carbonyl (C=O) groups is 2. The van der Waals surface area contributed by atoms with Gasteiger partial charge in [0.2, 0.25) is 5.13 Å². The Bertz CT molecular complexity index is 1480. The minimum atomic E-state index is -0.891. The van der Waals surface area contributed by atoms with Crippen LogP contribution >= 0.6 is 23.1 Å². The molecular formula is C28H23N3O4S2. The summed E-state index contributed by atoms with van der Waals surface area (Å²) in [6.07, 6.45) is 0. The molecule has 186 valence electrons. The molecule has 0 radical (unpaired) electrons. The summed E-state index contributed by atoms with van der Waals surface area (Å²) in [6.45, 7) is 2.04. The Hall–Kier alpha value is -3.95. The molecule has 9 heteroatoms. The van der Waals surface area contributed by atoms with Crippen LogP contribution in [0.15, 0.2) is 88.8 Å². The predicted molar refractivity (Wildman–Crippen MR) is 145 cm³/mol. The number of rotatable bonds is 7. The molecule has 5 rings (SSSR count). The molecule has 1 aromatic heterocycles. The molecule has 2 heterocycles. The maximum absolute atomic E-state index is 13.3. The van der Waals surface area contributed by atoms with Crippen molar-refractivity contribution in [3.8, 4) is 5.75 Å². The van der Waals surface area contributed by atoms with Gasteiger partial charge >= 0.3 is 5.91 Å². The first-order valence-electron chi connectivity index (χ1n) is 11.5. The number of ether oxygens (including phenoxy) is 1. The van der Waals surface area contributed by atoms with Gasteiger partial charge in [-0.25, -0.2) is 0 Å². The molecule has 1 atom stereocenters. The van der Waals surface area contributed by atoms with E-state index in [1.54, 1.807) is 55.6 Å². The summed E-state index contributed by atoms with van der Waals surface area (Å²) in [7, 11) is 1.54. The van der Waals surface area contributed by atoms with Crippen LogP contribution in [0.5, 0.6) is 5.75 Å². The van der Waals surface area contributed by atoms with E-state index in [0.29, 0.717) is 27.0 Å². The minimum absolute atomic E-state index is 0.00601. The number of methoxy groups -OCH3 is 1. The zero-order chi connectivity index (χ0) is 25.9. The van der Waals surface area contributed by atoms with Crippen LogP contribution in [0.25, 0.3) is 5.76 Å². The summed E-state index contributed by atoms with van der Waals surface area (Å²) in [5.74, 6) is -0.530. The van der Waals surface area contributed by atoms with Crippen molar-refractivity contribution < 1.29 is 19.4 Å². The van der Waals surface area contributed by atoms with Crippen LogP contribution in [0.4, 0.5) is 5.13 Å². The van der Waals surface area contributed by atoms with Crippen LogP contribution in [0.3, 0.4) is 0 Å². The van der Waals surface area contributed by atoms with Crippen LogP contribution in [0, 0.1) is 6.92 Å². The van der Waals surface area contributed by atoms with E-state index in [2.05, 4.69) is 34.5 Å². The Balaban J connectivity index is 1.54. The van der Waals surface area contributed by atoms with Crippen molar-refractivity contribution in [1.82, 2.24) is 10.2 Å². The molecule has 4 aromatic rings. The van der Waals surface area contributed by atoms with Crippen LogP contribution in [0.2, 0.25) is 0 Å². The first kappa shape index (κ1) is 24.7. The van der Waals surface area contributed by atoms with E-state index in [-0.39, 0.29) is 16.5 Å². The fourth-order valence-corrected chi connectivity index (χ4v) is 5.92. The van der Waals surface area contributed by atoms with Crippen molar-refractivity contribution in [1.29, 1.82) is 0 Å². The maximum atomic E-state index is 13.3.